The topological polar surface area (TPSA) is 44.5 Å². The minimum Gasteiger partial charge on any atom is -0.490 e. The van der Waals surface area contributed by atoms with Gasteiger partial charge in [-0.25, -0.2) is 0 Å². The summed E-state index contributed by atoms with van der Waals surface area (Å²) in [5, 5.41) is 0. The fourth-order valence-electron chi connectivity index (χ4n) is 3.51. The highest BCUT2D eigenvalue weighted by Crippen LogP contribution is 2.36. The molecule has 3 nitrogen and oxygen atoms in total. The second-order valence-electron chi connectivity index (χ2n) is 6.39. The lowest BCUT2D eigenvalue weighted by Gasteiger charge is -2.26. The Bertz CT molecular complexity index is 453. The molecule has 1 aromatic rings. The normalized spacial score (nSPS) is 22.0. The molecule has 3 heteroatoms. The number of rotatable bonds is 2. The van der Waals surface area contributed by atoms with Crippen LogP contribution in [0, 0.1) is 5.92 Å². The van der Waals surface area contributed by atoms with Gasteiger partial charge in [0.15, 0.2) is 11.5 Å². The largest absolute Gasteiger partial charge is 0.490 e. The average molecular weight is 289 g/mol. The Kier molecular flexibility index (Phi) is 5.02. The first-order valence-corrected chi connectivity index (χ1v) is 8.50. The van der Waals surface area contributed by atoms with Crippen LogP contribution in [0.4, 0.5) is 0 Å². The third-order valence-corrected chi connectivity index (χ3v) is 4.81. The van der Waals surface area contributed by atoms with Gasteiger partial charge >= 0.3 is 0 Å². The van der Waals surface area contributed by atoms with Crippen molar-refractivity contribution in [3.05, 3.63) is 23.8 Å². The van der Waals surface area contributed by atoms with Crippen molar-refractivity contribution < 1.29 is 9.47 Å². The number of hydrogen-bond donors (Lipinski definition) is 1. The summed E-state index contributed by atoms with van der Waals surface area (Å²) < 4.78 is 11.5. The molecule has 0 bridgehead atoms. The second kappa shape index (κ2) is 7.17. The summed E-state index contributed by atoms with van der Waals surface area (Å²) in [7, 11) is 0. The molecular weight excluding hydrogens is 262 g/mol. The van der Waals surface area contributed by atoms with Crippen LogP contribution in [0.5, 0.6) is 11.5 Å². The summed E-state index contributed by atoms with van der Waals surface area (Å²) in [5.41, 5.74) is 7.76. The molecule has 0 spiro atoms. The molecule has 0 saturated heterocycles. The molecule has 0 aromatic heterocycles. The van der Waals surface area contributed by atoms with Gasteiger partial charge in [0.05, 0.1) is 13.2 Å². The molecular formula is C18H27NO2. The Hall–Kier alpha value is -1.22. The predicted molar refractivity (Wildman–Crippen MR) is 84.8 cm³/mol. The number of ether oxygens (including phenoxy) is 2. The summed E-state index contributed by atoms with van der Waals surface area (Å²) in [6.45, 7) is 1.47. The van der Waals surface area contributed by atoms with Crippen LogP contribution in [0.2, 0.25) is 0 Å². The Morgan fingerprint density at radius 3 is 2.29 bits per heavy atom. The van der Waals surface area contributed by atoms with Crippen LogP contribution < -0.4 is 15.2 Å². The smallest absolute Gasteiger partial charge is 0.161 e. The lowest BCUT2D eigenvalue weighted by atomic mass is 9.83. The van der Waals surface area contributed by atoms with Gasteiger partial charge in [0.25, 0.3) is 0 Å². The molecule has 21 heavy (non-hydrogen) atoms. The van der Waals surface area contributed by atoms with E-state index >= 15 is 0 Å². The van der Waals surface area contributed by atoms with E-state index in [2.05, 4.69) is 12.1 Å². The van der Waals surface area contributed by atoms with Gasteiger partial charge in [-0.3, -0.25) is 0 Å². The van der Waals surface area contributed by atoms with E-state index in [1.165, 1.54) is 50.5 Å². The lowest BCUT2D eigenvalue weighted by molar-refractivity contribution is 0.296. The third-order valence-electron chi connectivity index (χ3n) is 4.81. The molecule has 0 radical (unpaired) electrons. The molecule has 1 aliphatic heterocycles. The van der Waals surface area contributed by atoms with Crippen LogP contribution >= 0.6 is 0 Å². The molecule has 1 atom stereocenters. The number of nitrogens with two attached hydrogens (primary N) is 1. The maximum atomic E-state index is 6.57. The van der Waals surface area contributed by atoms with Crippen LogP contribution in [-0.2, 0) is 0 Å². The molecule has 2 N–H and O–H groups in total. The van der Waals surface area contributed by atoms with Gasteiger partial charge in [0, 0.05) is 12.5 Å². The van der Waals surface area contributed by atoms with Crippen molar-refractivity contribution in [1.29, 1.82) is 0 Å². The van der Waals surface area contributed by atoms with E-state index in [1.807, 2.05) is 6.07 Å². The minimum atomic E-state index is 0.125. The van der Waals surface area contributed by atoms with Gasteiger partial charge in [-0.05, 0) is 36.5 Å². The van der Waals surface area contributed by atoms with E-state index in [-0.39, 0.29) is 6.04 Å². The Morgan fingerprint density at radius 1 is 0.857 bits per heavy atom. The van der Waals surface area contributed by atoms with Crippen molar-refractivity contribution in [1.82, 2.24) is 0 Å². The van der Waals surface area contributed by atoms with Gasteiger partial charge in [-0.15, -0.1) is 0 Å². The summed E-state index contributed by atoms with van der Waals surface area (Å²) in [4.78, 5) is 0. The Labute approximate surface area is 127 Å². The van der Waals surface area contributed by atoms with Crippen LogP contribution in [0.15, 0.2) is 18.2 Å². The first-order chi connectivity index (χ1) is 10.3. The van der Waals surface area contributed by atoms with Crippen molar-refractivity contribution in [3.63, 3.8) is 0 Å². The predicted octanol–water partition coefficient (Wildman–Crippen LogP) is 4.21. The highest BCUT2D eigenvalue weighted by molar-refractivity contribution is 5.44. The molecule has 116 valence electrons. The first kappa shape index (κ1) is 14.7. The SMILES string of the molecule is NC(c1ccc2c(c1)OCCCO2)C1CCCCCCC1. The number of benzene rings is 1. The zero-order valence-electron chi connectivity index (χ0n) is 12.9. The molecule has 0 amide bonds. The standard InChI is InChI=1S/C18H27NO2/c19-18(14-7-4-2-1-3-5-8-14)15-9-10-16-17(13-15)21-12-6-11-20-16/h9-10,13-14,18H,1-8,11-12,19H2. The van der Waals surface area contributed by atoms with Gasteiger partial charge in [0.1, 0.15) is 0 Å². The number of hydrogen-bond acceptors (Lipinski definition) is 3. The van der Waals surface area contributed by atoms with Crippen molar-refractivity contribution in [2.45, 2.75) is 57.4 Å². The number of fused-ring (bicyclic) bond motifs is 1. The molecule has 1 aliphatic carbocycles. The minimum absolute atomic E-state index is 0.125. The fraction of sp³-hybridized carbons (Fsp3) is 0.667. The summed E-state index contributed by atoms with van der Waals surface area (Å²) in [6.07, 6.45) is 10.2. The van der Waals surface area contributed by atoms with Crippen LogP contribution in [-0.4, -0.2) is 13.2 Å². The Morgan fingerprint density at radius 2 is 1.52 bits per heavy atom. The quantitative estimate of drug-likeness (QED) is 0.887. The molecule has 1 fully saturated rings. The average Bonchev–Trinajstić information content (AvgIpc) is 2.70. The fourth-order valence-corrected chi connectivity index (χ4v) is 3.51. The zero-order chi connectivity index (χ0) is 14.5. The lowest BCUT2D eigenvalue weighted by Crippen LogP contribution is -2.22. The van der Waals surface area contributed by atoms with E-state index in [4.69, 9.17) is 15.2 Å². The van der Waals surface area contributed by atoms with Crippen molar-refractivity contribution in [2.24, 2.45) is 11.7 Å². The monoisotopic (exact) mass is 289 g/mol. The van der Waals surface area contributed by atoms with Crippen molar-refractivity contribution in [3.8, 4) is 11.5 Å². The van der Waals surface area contributed by atoms with Gasteiger partial charge in [-0.1, -0.05) is 38.2 Å². The maximum Gasteiger partial charge on any atom is 0.161 e. The molecule has 1 saturated carbocycles. The first-order valence-electron chi connectivity index (χ1n) is 8.50. The van der Waals surface area contributed by atoms with E-state index < -0.39 is 0 Å². The van der Waals surface area contributed by atoms with Crippen molar-refractivity contribution >= 4 is 0 Å². The molecule has 1 aromatic carbocycles. The van der Waals surface area contributed by atoms with E-state index in [0.29, 0.717) is 5.92 Å². The summed E-state index contributed by atoms with van der Waals surface area (Å²) in [5.74, 6) is 2.34. The summed E-state index contributed by atoms with van der Waals surface area (Å²) in [6, 6.07) is 6.38. The van der Waals surface area contributed by atoms with Gasteiger partial charge < -0.3 is 15.2 Å². The molecule has 2 aliphatic rings. The van der Waals surface area contributed by atoms with E-state index in [1.54, 1.807) is 0 Å². The highest BCUT2D eigenvalue weighted by atomic mass is 16.5. The van der Waals surface area contributed by atoms with Gasteiger partial charge in [0.2, 0.25) is 0 Å². The second-order valence-corrected chi connectivity index (χ2v) is 6.39. The molecule has 1 unspecified atom stereocenters. The van der Waals surface area contributed by atoms with Crippen LogP contribution in [0.3, 0.4) is 0 Å². The van der Waals surface area contributed by atoms with E-state index in [9.17, 15) is 0 Å². The van der Waals surface area contributed by atoms with Gasteiger partial charge in [-0.2, -0.15) is 0 Å². The van der Waals surface area contributed by atoms with Crippen molar-refractivity contribution in [2.75, 3.05) is 13.2 Å². The van der Waals surface area contributed by atoms with Crippen LogP contribution in [0.25, 0.3) is 0 Å². The highest BCUT2D eigenvalue weighted by Gasteiger charge is 2.22. The van der Waals surface area contributed by atoms with Crippen LogP contribution in [0.1, 0.15) is 63.0 Å². The van der Waals surface area contributed by atoms with E-state index in [0.717, 1.165) is 31.1 Å². The maximum absolute atomic E-state index is 6.57. The Balaban J connectivity index is 1.74. The summed E-state index contributed by atoms with van der Waals surface area (Å²) >= 11 is 0. The molecule has 3 rings (SSSR count). The third kappa shape index (κ3) is 3.70. The zero-order valence-corrected chi connectivity index (χ0v) is 12.9. The molecule has 1 heterocycles.